The summed E-state index contributed by atoms with van der Waals surface area (Å²) >= 11 is 0. The molecule has 0 spiro atoms. The van der Waals surface area contributed by atoms with Gasteiger partial charge in [-0.05, 0) is 19.1 Å². The number of carbonyl (C=O) groups is 1. The molecule has 0 atom stereocenters. The van der Waals surface area contributed by atoms with Gasteiger partial charge >= 0.3 is 5.91 Å². The van der Waals surface area contributed by atoms with Crippen LogP contribution in [0.15, 0.2) is 18.3 Å². The van der Waals surface area contributed by atoms with Crippen molar-refractivity contribution in [2.75, 3.05) is 5.32 Å². The van der Waals surface area contributed by atoms with E-state index in [1.54, 1.807) is 0 Å². The minimum atomic E-state index is 0. The van der Waals surface area contributed by atoms with Crippen LogP contribution in [0, 0.1) is 6.92 Å². The molecule has 0 fully saturated rings. The van der Waals surface area contributed by atoms with E-state index >= 15 is 0 Å². The van der Waals surface area contributed by atoms with Crippen LogP contribution in [0.3, 0.4) is 0 Å². The maximum atomic E-state index is 10.9. The fraction of sp³-hybridized carbons (Fsp3) is 0.250. The lowest BCUT2D eigenvalue weighted by Gasteiger charge is -1.94. The van der Waals surface area contributed by atoms with Crippen molar-refractivity contribution in [1.82, 2.24) is 0 Å². The largest absolute Gasteiger partial charge is 1.00 e. The summed E-state index contributed by atoms with van der Waals surface area (Å²) in [5.74, 6) is 0.997. The Morgan fingerprint density at radius 1 is 1.58 bits per heavy atom. The van der Waals surface area contributed by atoms with Gasteiger partial charge in [0, 0.05) is 5.56 Å². The SMILES string of the molecule is Cc1ccc[n+]2c1NC(=O)C2.[Cl-]. The molecule has 1 aliphatic rings. The van der Waals surface area contributed by atoms with Gasteiger partial charge in [-0.3, -0.25) is 0 Å². The molecular weight excluding hydrogens is 176 g/mol. The summed E-state index contributed by atoms with van der Waals surface area (Å²) < 4.78 is 1.91. The third kappa shape index (κ3) is 1.28. The predicted molar refractivity (Wildman–Crippen MR) is 40.0 cm³/mol. The highest BCUT2D eigenvalue weighted by Gasteiger charge is 2.26. The quantitative estimate of drug-likeness (QED) is 0.436. The smallest absolute Gasteiger partial charge is 0.349 e. The Hall–Kier alpha value is -1.09. The maximum Gasteiger partial charge on any atom is 0.349 e. The lowest BCUT2D eigenvalue weighted by Crippen LogP contribution is -3.00. The van der Waals surface area contributed by atoms with Crippen molar-refractivity contribution >= 4 is 11.7 Å². The summed E-state index contributed by atoms with van der Waals surface area (Å²) in [7, 11) is 0. The van der Waals surface area contributed by atoms with Gasteiger partial charge in [0.2, 0.25) is 0 Å². The number of pyridine rings is 1. The van der Waals surface area contributed by atoms with E-state index in [4.69, 9.17) is 0 Å². The summed E-state index contributed by atoms with van der Waals surface area (Å²) in [5.41, 5.74) is 1.11. The molecule has 12 heavy (non-hydrogen) atoms. The van der Waals surface area contributed by atoms with Crippen molar-refractivity contribution in [3.63, 3.8) is 0 Å². The molecule has 64 valence electrons. The van der Waals surface area contributed by atoms with Crippen LogP contribution >= 0.6 is 0 Å². The minimum Gasteiger partial charge on any atom is -1.00 e. The van der Waals surface area contributed by atoms with Gasteiger partial charge in [-0.1, -0.05) is 0 Å². The summed E-state index contributed by atoms with van der Waals surface area (Å²) in [6.07, 6.45) is 1.90. The van der Waals surface area contributed by atoms with Gasteiger partial charge in [-0.2, -0.15) is 0 Å². The van der Waals surface area contributed by atoms with Gasteiger partial charge in [0.25, 0.3) is 5.82 Å². The van der Waals surface area contributed by atoms with E-state index in [1.165, 1.54) is 0 Å². The number of nitrogens with zero attached hydrogens (tertiary/aromatic N) is 1. The van der Waals surface area contributed by atoms with Crippen LogP contribution in [-0.2, 0) is 11.3 Å². The summed E-state index contributed by atoms with van der Waals surface area (Å²) in [4.78, 5) is 10.9. The van der Waals surface area contributed by atoms with E-state index < -0.39 is 0 Å². The first-order valence-corrected chi connectivity index (χ1v) is 3.56. The molecule has 2 rings (SSSR count). The third-order valence-electron chi connectivity index (χ3n) is 1.84. The van der Waals surface area contributed by atoms with Gasteiger partial charge in [0.05, 0.1) is 6.20 Å². The molecule has 2 heterocycles. The highest BCUT2D eigenvalue weighted by Crippen LogP contribution is 2.10. The molecule has 0 unspecified atom stereocenters. The van der Waals surface area contributed by atoms with E-state index in [2.05, 4.69) is 5.32 Å². The van der Waals surface area contributed by atoms with Crippen LogP contribution in [0.1, 0.15) is 5.56 Å². The Morgan fingerprint density at radius 3 is 3.00 bits per heavy atom. The van der Waals surface area contributed by atoms with Gasteiger partial charge in [0.1, 0.15) is 0 Å². The van der Waals surface area contributed by atoms with Crippen molar-refractivity contribution in [1.29, 1.82) is 0 Å². The first-order valence-electron chi connectivity index (χ1n) is 3.56. The van der Waals surface area contributed by atoms with Gasteiger partial charge in [0.15, 0.2) is 6.54 Å². The summed E-state index contributed by atoms with van der Waals surface area (Å²) in [6.45, 7) is 2.44. The van der Waals surface area contributed by atoms with Gasteiger partial charge < -0.3 is 12.4 Å². The molecule has 3 nitrogen and oxygen atoms in total. The lowest BCUT2D eigenvalue weighted by molar-refractivity contribution is -0.663. The fourth-order valence-electron chi connectivity index (χ4n) is 1.30. The van der Waals surface area contributed by atoms with Crippen LogP contribution in [-0.4, -0.2) is 5.91 Å². The Labute approximate surface area is 76.8 Å². The number of anilines is 1. The molecule has 0 aromatic carbocycles. The lowest BCUT2D eigenvalue weighted by atomic mass is 10.3. The zero-order valence-electron chi connectivity index (χ0n) is 6.67. The van der Waals surface area contributed by atoms with Crippen LogP contribution in [0.4, 0.5) is 5.82 Å². The minimum absolute atomic E-state index is 0. The number of halogens is 1. The van der Waals surface area contributed by atoms with Crippen molar-refractivity contribution in [3.05, 3.63) is 23.9 Å². The predicted octanol–water partition coefficient (Wildman–Crippen LogP) is -2.76. The highest BCUT2D eigenvalue weighted by molar-refractivity contribution is 5.90. The number of hydrogen-bond acceptors (Lipinski definition) is 1. The number of aryl methyl sites for hydroxylation is 1. The average molecular weight is 185 g/mol. The number of nitrogens with one attached hydrogen (secondary N) is 1. The first kappa shape index (κ1) is 9.00. The van der Waals surface area contributed by atoms with Crippen LogP contribution in [0.25, 0.3) is 0 Å². The number of amides is 1. The zero-order valence-corrected chi connectivity index (χ0v) is 7.43. The second kappa shape index (κ2) is 3.11. The standard InChI is InChI=1S/C8H8N2O.ClH/c1-6-3-2-4-10-5-7(11)9-8(6)10;/h2-4H,5H2,1H3;1H. The topological polar surface area (TPSA) is 33.0 Å². The molecule has 4 heteroatoms. The summed E-state index contributed by atoms with van der Waals surface area (Å²) in [6, 6.07) is 3.93. The molecule has 0 bridgehead atoms. The Balaban J connectivity index is 0.000000720. The molecule has 1 aromatic heterocycles. The molecule has 1 N–H and O–H groups in total. The van der Waals surface area contributed by atoms with E-state index in [9.17, 15) is 4.79 Å². The molecule has 0 aliphatic carbocycles. The number of rotatable bonds is 0. The molecular formula is C8H9ClN2O. The second-order valence-electron chi connectivity index (χ2n) is 2.72. The average Bonchev–Trinajstić information content (AvgIpc) is 2.31. The van der Waals surface area contributed by atoms with E-state index in [0.717, 1.165) is 11.4 Å². The molecule has 0 saturated carbocycles. The molecule has 0 saturated heterocycles. The van der Waals surface area contributed by atoms with E-state index in [0.29, 0.717) is 6.54 Å². The number of hydrogen-bond donors (Lipinski definition) is 1. The molecule has 1 amide bonds. The maximum absolute atomic E-state index is 10.9. The number of fused-ring (bicyclic) bond motifs is 1. The van der Waals surface area contributed by atoms with Crippen LogP contribution in [0.2, 0.25) is 0 Å². The van der Waals surface area contributed by atoms with Crippen LogP contribution < -0.4 is 22.3 Å². The van der Waals surface area contributed by atoms with E-state index in [-0.39, 0.29) is 18.3 Å². The monoisotopic (exact) mass is 184 g/mol. The summed E-state index contributed by atoms with van der Waals surface area (Å²) in [5, 5.41) is 2.79. The molecule has 1 aromatic rings. The number of carbonyl (C=O) groups excluding carboxylic acids is 1. The highest BCUT2D eigenvalue weighted by atomic mass is 35.5. The number of aromatic nitrogens is 1. The van der Waals surface area contributed by atoms with Gasteiger partial charge in [-0.25, -0.2) is 14.7 Å². The van der Waals surface area contributed by atoms with E-state index in [1.807, 2.05) is 29.8 Å². The normalized spacial score (nSPS) is 13.2. The third-order valence-corrected chi connectivity index (χ3v) is 1.84. The fourth-order valence-corrected chi connectivity index (χ4v) is 1.30. The van der Waals surface area contributed by atoms with Crippen molar-refractivity contribution in [2.24, 2.45) is 0 Å². The Kier molecular flexibility index (Phi) is 2.33. The van der Waals surface area contributed by atoms with Crippen molar-refractivity contribution in [2.45, 2.75) is 13.5 Å². The molecule has 1 aliphatic heterocycles. The van der Waals surface area contributed by atoms with Crippen molar-refractivity contribution in [3.8, 4) is 0 Å². The second-order valence-corrected chi connectivity index (χ2v) is 2.72. The zero-order chi connectivity index (χ0) is 7.84. The van der Waals surface area contributed by atoms with Gasteiger partial charge in [-0.15, -0.1) is 0 Å². The van der Waals surface area contributed by atoms with Crippen LogP contribution in [0.5, 0.6) is 0 Å². The molecule has 0 radical (unpaired) electrons. The Bertz CT molecular complexity index is 325. The van der Waals surface area contributed by atoms with Crippen molar-refractivity contribution < 1.29 is 21.8 Å². The first-order chi connectivity index (χ1) is 5.27. The Morgan fingerprint density at radius 2 is 2.33 bits per heavy atom.